The Bertz CT molecular complexity index is 345. The molecule has 0 bridgehead atoms. The minimum atomic E-state index is -1.88. The van der Waals surface area contributed by atoms with Crippen LogP contribution in [0, 0.1) is 11.8 Å². The SMILES string of the molecule is C=C(N1CCC2CCCCC2C1)C(F)(OC)SNSC. The minimum Gasteiger partial charge on any atom is -0.370 e. The number of likely N-dealkylation sites (tertiary alicyclic amines) is 1. The summed E-state index contributed by atoms with van der Waals surface area (Å²) in [6.07, 6.45) is 8.31. The summed E-state index contributed by atoms with van der Waals surface area (Å²) in [6, 6.07) is 0. The first-order chi connectivity index (χ1) is 9.60. The molecule has 1 N–H and O–H groups in total. The Morgan fingerprint density at radius 3 is 2.70 bits per heavy atom. The van der Waals surface area contributed by atoms with Gasteiger partial charge in [-0.15, -0.1) is 0 Å². The van der Waals surface area contributed by atoms with Gasteiger partial charge in [-0.3, -0.25) is 0 Å². The van der Waals surface area contributed by atoms with Crippen molar-refractivity contribution in [3.63, 3.8) is 0 Å². The van der Waals surface area contributed by atoms with Gasteiger partial charge >= 0.3 is 5.19 Å². The summed E-state index contributed by atoms with van der Waals surface area (Å²) in [6.45, 7) is 5.79. The lowest BCUT2D eigenvalue weighted by molar-refractivity contribution is -0.0372. The summed E-state index contributed by atoms with van der Waals surface area (Å²) in [5.41, 5.74) is 0.440. The Morgan fingerprint density at radius 2 is 2.05 bits per heavy atom. The van der Waals surface area contributed by atoms with E-state index in [0.29, 0.717) is 11.6 Å². The number of rotatable bonds is 6. The summed E-state index contributed by atoms with van der Waals surface area (Å²) >= 11 is 2.30. The first-order valence-electron chi connectivity index (χ1n) is 7.25. The molecule has 0 spiro atoms. The van der Waals surface area contributed by atoms with Gasteiger partial charge in [-0.1, -0.05) is 37.8 Å². The van der Waals surface area contributed by atoms with Crippen molar-refractivity contribution in [2.24, 2.45) is 11.8 Å². The third-order valence-corrected chi connectivity index (χ3v) is 6.20. The molecule has 0 radical (unpaired) electrons. The van der Waals surface area contributed by atoms with Crippen molar-refractivity contribution < 1.29 is 9.13 Å². The lowest BCUT2D eigenvalue weighted by Crippen LogP contribution is -2.45. The van der Waals surface area contributed by atoms with Crippen molar-refractivity contribution in [1.82, 2.24) is 9.03 Å². The van der Waals surface area contributed by atoms with E-state index in [0.717, 1.165) is 37.4 Å². The zero-order valence-electron chi connectivity index (χ0n) is 12.4. The molecule has 3 atom stereocenters. The highest BCUT2D eigenvalue weighted by atomic mass is 32.2. The van der Waals surface area contributed by atoms with Gasteiger partial charge in [-0.2, -0.15) is 4.39 Å². The molecule has 0 amide bonds. The van der Waals surface area contributed by atoms with E-state index >= 15 is 0 Å². The van der Waals surface area contributed by atoms with Gasteiger partial charge in [0.15, 0.2) is 0 Å². The van der Waals surface area contributed by atoms with Crippen molar-refractivity contribution in [2.45, 2.75) is 37.3 Å². The average molecular weight is 320 g/mol. The number of hydrogen-bond acceptors (Lipinski definition) is 5. The topological polar surface area (TPSA) is 24.5 Å². The second-order valence-corrected chi connectivity index (χ2v) is 7.42. The molecule has 2 rings (SSSR count). The quantitative estimate of drug-likeness (QED) is 0.593. The van der Waals surface area contributed by atoms with Crippen LogP contribution in [0.3, 0.4) is 0 Å². The molecular formula is C14H25FN2OS2. The minimum absolute atomic E-state index is 0.440. The molecule has 1 heterocycles. The van der Waals surface area contributed by atoms with Crippen LogP contribution >= 0.6 is 23.9 Å². The van der Waals surface area contributed by atoms with Crippen molar-refractivity contribution in [2.75, 3.05) is 26.5 Å². The fourth-order valence-electron chi connectivity index (χ4n) is 3.35. The highest BCUT2D eigenvalue weighted by Gasteiger charge is 2.41. The van der Waals surface area contributed by atoms with Gasteiger partial charge in [0.05, 0.1) is 5.70 Å². The summed E-state index contributed by atoms with van der Waals surface area (Å²) < 4.78 is 22.8. The maximum absolute atomic E-state index is 14.8. The van der Waals surface area contributed by atoms with Crippen LogP contribution in [-0.4, -0.2) is 36.5 Å². The van der Waals surface area contributed by atoms with E-state index in [2.05, 4.69) is 15.6 Å². The highest BCUT2D eigenvalue weighted by molar-refractivity contribution is 8.12. The molecule has 1 saturated heterocycles. The molecule has 6 heteroatoms. The van der Waals surface area contributed by atoms with E-state index in [1.807, 2.05) is 6.26 Å². The molecule has 1 aliphatic carbocycles. The van der Waals surface area contributed by atoms with Crippen LogP contribution in [0.25, 0.3) is 0 Å². The lowest BCUT2D eigenvalue weighted by Gasteiger charge is -2.44. The molecule has 2 aliphatic rings. The van der Waals surface area contributed by atoms with Crippen molar-refractivity contribution in [1.29, 1.82) is 0 Å². The van der Waals surface area contributed by atoms with Crippen molar-refractivity contribution in [3.8, 4) is 0 Å². The molecular weight excluding hydrogens is 295 g/mol. The smallest absolute Gasteiger partial charge is 0.312 e. The maximum Gasteiger partial charge on any atom is 0.312 e. The molecule has 20 heavy (non-hydrogen) atoms. The Balaban J connectivity index is 1.97. The number of ether oxygens (including phenoxy) is 1. The molecule has 0 aromatic rings. The summed E-state index contributed by atoms with van der Waals surface area (Å²) in [5.74, 6) is 1.54. The van der Waals surface area contributed by atoms with Crippen LogP contribution in [0.2, 0.25) is 0 Å². The van der Waals surface area contributed by atoms with Gasteiger partial charge in [-0.25, -0.2) is 4.13 Å². The Morgan fingerprint density at radius 1 is 1.35 bits per heavy atom. The molecule has 0 aromatic carbocycles. The second kappa shape index (κ2) is 7.38. The van der Waals surface area contributed by atoms with E-state index in [9.17, 15) is 4.39 Å². The van der Waals surface area contributed by atoms with E-state index in [4.69, 9.17) is 4.74 Å². The van der Waals surface area contributed by atoms with E-state index < -0.39 is 5.19 Å². The van der Waals surface area contributed by atoms with Crippen LogP contribution in [0.15, 0.2) is 12.3 Å². The van der Waals surface area contributed by atoms with Gasteiger partial charge in [0, 0.05) is 32.1 Å². The van der Waals surface area contributed by atoms with Crippen molar-refractivity contribution >= 4 is 23.9 Å². The van der Waals surface area contributed by atoms with E-state index in [1.165, 1.54) is 44.7 Å². The third-order valence-electron chi connectivity index (χ3n) is 4.54. The van der Waals surface area contributed by atoms with Gasteiger partial charge in [0.25, 0.3) is 0 Å². The third kappa shape index (κ3) is 3.64. The van der Waals surface area contributed by atoms with Crippen LogP contribution in [0.5, 0.6) is 0 Å². The van der Waals surface area contributed by atoms with Crippen molar-refractivity contribution in [3.05, 3.63) is 12.3 Å². The molecule has 0 aromatic heterocycles. The number of piperidine rings is 1. The summed E-state index contributed by atoms with van der Waals surface area (Å²) in [7, 11) is 1.40. The largest absolute Gasteiger partial charge is 0.370 e. The molecule has 3 unspecified atom stereocenters. The van der Waals surface area contributed by atoms with E-state index in [-0.39, 0.29) is 0 Å². The molecule has 1 saturated carbocycles. The monoisotopic (exact) mass is 320 g/mol. The number of nitrogens with one attached hydrogen (secondary N) is 1. The fourth-order valence-corrected chi connectivity index (χ4v) is 4.44. The zero-order chi connectivity index (χ0) is 14.6. The van der Waals surface area contributed by atoms with Gasteiger partial charge in [-0.05, 0) is 30.9 Å². The standard InChI is InChI=1S/C14H25FN2OS2/c1-11(14(15,18-2)20-16-19-3)17-9-8-12-6-4-5-7-13(12)10-17/h12-13,16H,1,4-10H2,2-3H3. The number of nitrogens with zero attached hydrogens (tertiary/aromatic N) is 1. The van der Waals surface area contributed by atoms with Crippen LogP contribution < -0.4 is 4.13 Å². The highest BCUT2D eigenvalue weighted by Crippen LogP contribution is 2.41. The van der Waals surface area contributed by atoms with Crippen LogP contribution in [0.1, 0.15) is 32.1 Å². The number of methoxy groups -OCH3 is 1. The Hall–Kier alpha value is 0.0900. The number of fused-ring (bicyclic) bond motifs is 1. The van der Waals surface area contributed by atoms with Gasteiger partial charge in [0.2, 0.25) is 0 Å². The van der Waals surface area contributed by atoms with Gasteiger partial charge in [0.1, 0.15) is 0 Å². The molecule has 3 nitrogen and oxygen atoms in total. The van der Waals surface area contributed by atoms with Crippen LogP contribution in [0.4, 0.5) is 4.39 Å². The van der Waals surface area contributed by atoms with E-state index in [1.54, 1.807) is 0 Å². The number of halogens is 1. The molecule has 2 fully saturated rings. The fraction of sp³-hybridized carbons (Fsp3) is 0.857. The summed E-state index contributed by atoms with van der Waals surface area (Å²) in [5, 5.41) is -1.88. The maximum atomic E-state index is 14.8. The zero-order valence-corrected chi connectivity index (χ0v) is 14.0. The number of hydrogen-bond donors (Lipinski definition) is 1. The predicted octanol–water partition coefficient (Wildman–Crippen LogP) is 3.80. The average Bonchev–Trinajstić information content (AvgIpc) is 2.51. The normalized spacial score (nSPS) is 29.6. The Kier molecular flexibility index (Phi) is 6.08. The van der Waals surface area contributed by atoms with Crippen LogP contribution in [-0.2, 0) is 4.74 Å². The lowest BCUT2D eigenvalue weighted by atomic mass is 9.75. The molecule has 116 valence electrons. The first kappa shape index (κ1) is 16.5. The predicted molar refractivity (Wildman–Crippen MR) is 85.9 cm³/mol. The summed E-state index contributed by atoms with van der Waals surface area (Å²) in [4.78, 5) is 2.09. The first-order valence-corrected chi connectivity index (χ1v) is 9.29. The Labute approximate surface area is 130 Å². The van der Waals surface area contributed by atoms with Gasteiger partial charge < -0.3 is 9.64 Å². The second-order valence-electron chi connectivity index (χ2n) is 5.62. The molecule has 1 aliphatic heterocycles. The number of alkyl halides is 1.